The summed E-state index contributed by atoms with van der Waals surface area (Å²) in [6, 6.07) is 0. The summed E-state index contributed by atoms with van der Waals surface area (Å²) in [5, 5.41) is 10.9. The Hall–Kier alpha value is 0.350. The van der Waals surface area contributed by atoms with E-state index in [1.165, 1.54) is 31.3 Å². The second-order valence-electron chi connectivity index (χ2n) is 8.46. The molecule has 3 rings (SSSR count). The molecule has 0 aromatic rings. The van der Waals surface area contributed by atoms with Gasteiger partial charge in [-0.2, -0.15) is 0 Å². The quantitative estimate of drug-likeness (QED) is 0.347. The zero-order valence-corrected chi connectivity index (χ0v) is 17.5. The van der Waals surface area contributed by atoms with E-state index < -0.39 is 5.79 Å². The molecule has 2 fully saturated rings. The molecule has 1 heterocycles. The molecule has 4 heteroatoms. The van der Waals surface area contributed by atoms with Gasteiger partial charge in [-0.05, 0) is 51.4 Å². The average molecular weight is 448 g/mol. The maximum atomic E-state index is 10.9. The molecule has 0 aromatic carbocycles. The summed E-state index contributed by atoms with van der Waals surface area (Å²) in [5.41, 5.74) is 1.46. The third kappa shape index (κ3) is 3.72. The zero-order chi connectivity index (χ0) is 17.3. The van der Waals surface area contributed by atoms with Crippen molar-refractivity contribution in [2.24, 2.45) is 23.7 Å². The minimum Gasteiger partial charge on any atom is -0.393 e. The van der Waals surface area contributed by atoms with Crippen molar-refractivity contribution in [2.75, 3.05) is 0 Å². The highest BCUT2D eigenvalue weighted by atomic mass is 127. The van der Waals surface area contributed by atoms with Crippen LogP contribution in [0.15, 0.2) is 11.6 Å². The first-order valence-corrected chi connectivity index (χ1v) is 10.7. The highest BCUT2D eigenvalue weighted by Crippen LogP contribution is 2.53. The third-order valence-electron chi connectivity index (χ3n) is 6.68. The maximum absolute atomic E-state index is 10.9. The Morgan fingerprint density at radius 3 is 2.88 bits per heavy atom. The van der Waals surface area contributed by atoms with Crippen molar-refractivity contribution in [2.45, 2.75) is 90.1 Å². The molecule has 0 radical (unpaired) electrons. The Bertz CT molecular complexity index is 466. The van der Waals surface area contributed by atoms with Gasteiger partial charge in [0.1, 0.15) is 23.0 Å². The summed E-state index contributed by atoms with van der Waals surface area (Å²) in [4.78, 5) is 0. The van der Waals surface area contributed by atoms with Gasteiger partial charge in [-0.15, -0.1) is 0 Å². The third-order valence-corrected chi connectivity index (χ3v) is 7.55. The topological polar surface area (TPSA) is 38.7 Å². The summed E-state index contributed by atoms with van der Waals surface area (Å²) in [5.74, 6) is 1.06. The van der Waals surface area contributed by atoms with Crippen molar-refractivity contribution >= 4 is 23.0 Å². The smallest absolute Gasteiger partial charge is 0.180 e. The highest BCUT2D eigenvalue weighted by molar-refractivity contribution is 14.1. The van der Waals surface area contributed by atoms with Crippen LogP contribution in [0.4, 0.5) is 0 Å². The predicted octanol–water partition coefficient (Wildman–Crippen LogP) is 5.41. The summed E-state index contributed by atoms with van der Waals surface area (Å²) in [6.45, 7) is 6.58. The van der Waals surface area contributed by atoms with Crippen molar-refractivity contribution < 1.29 is 12.9 Å². The van der Waals surface area contributed by atoms with Crippen LogP contribution in [0.3, 0.4) is 0 Å². The van der Waals surface area contributed by atoms with Gasteiger partial charge < -0.3 is 9.84 Å². The van der Waals surface area contributed by atoms with Gasteiger partial charge in [0.15, 0.2) is 5.79 Å². The molecule has 0 spiro atoms. The van der Waals surface area contributed by atoms with E-state index in [4.69, 9.17) is 7.80 Å². The SMILES string of the molecule is CCCCCC1CC(O)C2C(C1)OC(C)(OI)[C@@H]1CCC(C)=CC21. The molecule has 0 aromatic heterocycles. The van der Waals surface area contributed by atoms with Gasteiger partial charge in [-0.3, -0.25) is 3.07 Å². The number of allylic oxidation sites excluding steroid dienone is 2. The molecule has 1 N–H and O–H groups in total. The molecular formula is C20H33IO3. The zero-order valence-electron chi connectivity index (χ0n) is 15.3. The molecular weight excluding hydrogens is 415 g/mol. The van der Waals surface area contributed by atoms with E-state index >= 15 is 0 Å². The first kappa shape index (κ1) is 19.1. The van der Waals surface area contributed by atoms with Gasteiger partial charge in [0.2, 0.25) is 0 Å². The Labute approximate surface area is 161 Å². The molecule has 24 heavy (non-hydrogen) atoms. The van der Waals surface area contributed by atoms with Crippen LogP contribution in [0.1, 0.15) is 72.1 Å². The minimum atomic E-state index is -0.519. The first-order chi connectivity index (χ1) is 11.5. The largest absolute Gasteiger partial charge is 0.393 e. The first-order valence-electron chi connectivity index (χ1n) is 9.81. The number of aliphatic hydroxyl groups is 1. The predicted molar refractivity (Wildman–Crippen MR) is 105 cm³/mol. The van der Waals surface area contributed by atoms with E-state index in [-0.39, 0.29) is 18.1 Å². The molecule has 1 saturated carbocycles. The molecule has 3 nitrogen and oxygen atoms in total. The van der Waals surface area contributed by atoms with Gasteiger partial charge in [-0.25, -0.2) is 0 Å². The number of unbranched alkanes of at least 4 members (excludes halogenated alkanes) is 2. The van der Waals surface area contributed by atoms with Crippen LogP contribution in [0.2, 0.25) is 0 Å². The Balaban J connectivity index is 1.79. The average Bonchev–Trinajstić information content (AvgIpc) is 2.54. The van der Waals surface area contributed by atoms with E-state index in [9.17, 15) is 5.11 Å². The number of hydrogen-bond acceptors (Lipinski definition) is 3. The van der Waals surface area contributed by atoms with E-state index in [0.717, 1.165) is 25.7 Å². The molecule has 3 aliphatic rings. The summed E-state index contributed by atoms with van der Waals surface area (Å²) in [6.07, 6.45) is 11.6. The fraction of sp³-hybridized carbons (Fsp3) is 0.900. The number of ether oxygens (including phenoxy) is 1. The van der Waals surface area contributed by atoms with Crippen molar-refractivity contribution in [1.82, 2.24) is 0 Å². The van der Waals surface area contributed by atoms with Crippen LogP contribution < -0.4 is 0 Å². The summed E-state index contributed by atoms with van der Waals surface area (Å²) >= 11 is 2.01. The Kier molecular flexibility index (Phi) is 6.32. The van der Waals surface area contributed by atoms with Crippen molar-refractivity contribution in [3.63, 3.8) is 0 Å². The fourth-order valence-corrected chi connectivity index (χ4v) is 5.87. The van der Waals surface area contributed by atoms with E-state index in [1.807, 2.05) is 23.0 Å². The van der Waals surface area contributed by atoms with Gasteiger partial charge in [0.25, 0.3) is 0 Å². The lowest BCUT2D eigenvalue weighted by molar-refractivity contribution is -0.293. The van der Waals surface area contributed by atoms with Gasteiger partial charge in [0, 0.05) is 11.8 Å². The molecule has 0 bridgehead atoms. The van der Waals surface area contributed by atoms with Crippen LogP contribution in [0.5, 0.6) is 0 Å². The second kappa shape index (κ2) is 7.93. The lowest BCUT2D eigenvalue weighted by Crippen LogP contribution is -2.60. The van der Waals surface area contributed by atoms with Crippen LogP contribution >= 0.6 is 23.0 Å². The van der Waals surface area contributed by atoms with Crippen molar-refractivity contribution in [1.29, 1.82) is 0 Å². The number of fused-ring (bicyclic) bond motifs is 3. The highest BCUT2D eigenvalue weighted by Gasteiger charge is 2.56. The van der Waals surface area contributed by atoms with Gasteiger partial charge >= 0.3 is 0 Å². The van der Waals surface area contributed by atoms with Crippen molar-refractivity contribution in [3.8, 4) is 0 Å². The molecule has 1 saturated heterocycles. The number of aliphatic hydroxyl groups excluding tert-OH is 1. The van der Waals surface area contributed by atoms with Crippen LogP contribution in [0, 0.1) is 23.7 Å². The Morgan fingerprint density at radius 2 is 2.17 bits per heavy atom. The number of rotatable bonds is 5. The number of hydrogen-bond donors (Lipinski definition) is 1. The van der Waals surface area contributed by atoms with Crippen LogP contribution in [-0.2, 0) is 7.80 Å². The lowest BCUT2D eigenvalue weighted by atomic mass is 9.61. The monoisotopic (exact) mass is 448 g/mol. The lowest BCUT2D eigenvalue weighted by Gasteiger charge is -2.56. The molecule has 2 aliphatic carbocycles. The van der Waals surface area contributed by atoms with Crippen LogP contribution in [0.25, 0.3) is 0 Å². The van der Waals surface area contributed by atoms with E-state index in [1.54, 1.807) is 0 Å². The maximum Gasteiger partial charge on any atom is 0.180 e. The summed E-state index contributed by atoms with van der Waals surface area (Å²) in [7, 11) is 0. The molecule has 1 aliphatic heterocycles. The standard InChI is InChI=1S/C20H33IO3/c1-4-5-6-7-14-11-17(22)19-15-10-13(2)8-9-16(15)20(3,24-21)23-18(19)12-14/h10,14-19,22H,4-9,11-12H2,1-3H3/t14?,15?,16-,17?,18?,19?,20?/m1/s1. The minimum absolute atomic E-state index is 0.128. The Morgan fingerprint density at radius 1 is 1.38 bits per heavy atom. The van der Waals surface area contributed by atoms with Gasteiger partial charge in [-0.1, -0.05) is 44.3 Å². The molecule has 6 unspecified atom stereocenters. The normalized spacial score (nSPS) is 45.3. The number of halogens is 1. The summed E-state index contributed by atoms with van der Waals surface area (Å²) < 4.78 is 12.4. The molecule has 7 atom stereocenters. The molecule has 138 valence electrons. The second-order valence-corrected chi connectivity index (χ2v) is 8.90. The van der Waals surface area contributed by atoms with Crippen molar-refractivity contribution in [3.05, 3.63) is 11.6 Å². The van der Waals surface area contributed by atoms with Gasteiger partial charge in [0.05, 0.1) is 12.2 Å². The molecule has 0 amide bonds. The fourth-order valence-electron chi connectivity index (χ4n) is 5.44. The van der Waals surface area contributed by atoms with Crippen LogP contribution in [-0.4, -0.2) is 23.1 Å². The van der Waals surface area contributed by atoms with E-state index in [2.05, 4.69) is 26.8 Å². The van der Waals surface area contributed by atoms with E-state index in [0.29, 0.717) is 17.8 Å².